The molecule has 1 aliphatic heterocycles. The third kappa shape index (κ3) is 9.04. The summed E-state index contributed by atoms with van der Waals surface area (Å²) in [6, 6.07) is 13.3. The normalized spacial score (nSPS) is 17.3. The lowest BCUT2D eigenvalue weighted by Gasteiger charge is -2.24. The van der Waals surface area contributed by atoms with Gasteiger partial charge in [-0.3, -0.25) is 9.59 Å². The summed E-state index contributed by atoms with van der Waals surface area (Å²) in [4.78, 5) is 53.8. The molecule has 204 valence electrons. The van der Waals surface area contributed by atoms with E-state index in [0.717, 1.165) is 5.56 Å². The minimum absolute atomic E-state index is 0.128. The fraction of sp³-hybridized carbons (Fsp3) is 0.423. The molecule has 0 spiro atoms. The highest BCUT2D eigenvalue weighted by atomic mass is 16.6. The van der Waals surface area contributed by atoms with Crippen LogP contribution < -0.4 is 16.0 Å². The first-order valence-corrected chi connectivity index (χ1v) is 12.4. The van der Waals surface area contributed by atoms with E-state index in [1.54, 1.807) is 24.1 Å². The van der Waals surface area contributed by atoms with Crippen LogP contribution in [0.5, 0.6) is 0 Å². The molecule has 0 radical (unpaired) electrons. The van der Waals surface area contributed by atoms with Crippen molar-refractivity contribution in [3.05, 3.63) is 60.3 Å². The Labute approximate surface area is 220 Å². The molecule has 4 N–H and O–H groups in total. The van der Waals surface area contributed by atoms with Crippen LogP contribution in [-0.2, 0) is 30.5 Å². The van der Waals surface area contributed by atoms with Gasteiger partial charge in [-0.1, -0.05) is 43.3 Å². The molecule has 0 saturated carbocycles. The number of likely N-dealkylation sites (tertiary alicyclic amines) is 1. The molecule has 0 bridgehead atoms. The third-order valence-electron chi connectivity index (χ3n) is 5.91. The van der Waals surface area contributed by atoms with Gasteiger partial charge in [0.2, 0.25) is 11.8 Å². The van der Waals surface area contributed by atoms with E-state index in [0.29, 0.717) is 18.8 Å². The number of anilines is 1. The number of benzene rings is 1. The Kier molecular flexibility index (Phi) is 10.8. The van der Waals surface area contributed by atoms with Crippen LogP contribution in [-0.4, -0.2) is 83.3 Å². The number of carbonyl (C=O) groups is 4. The molecule has 1 fully saturated rings. The lowest BCUT2D eigenvalue weighted by molar-refractivity contribution is -0.142. The van der Waals surface area contributed by atoms with Crippen LogP contribution in [0.1, 0.15) is 25.3 Å². The van der Waals surface area contributed by atoms with Gasteiger partial charge in [0.1, 0.15) is 25.1 Å². The number of nitrogens with one attached hydrogen (secondary N) is 3. The summed E-state index contributed by atoms with van der Waals surface area (Å²) < 4.78 is 11.3. The molecule has 3 atom stereocenters. The number of carboxylic acid groups (broad SMARTS) is 1. The highest BCUT2D eigenvalue weighted by molar-refractivity contribution is 5.84. The Bertz CT molecular complexity index is 1070. The molecular weight excluding hydrogens is 494 g/mol. The summed E-state index contributed by atoms with van der Waals surface area (Å²) in [5.74, 6) is -1.55. The van der Waals surface area contributed by atoms with E-state index in [9.17, 15) is 24.3 Å². The van der Waals surface area contributed by atoms with Gasteiger partial charge in [-0.15, -0.1) is 0 Å². The van der Waals surface area contributed by atoms with Crippen LogP contribution in [0.15, 0.2) is 54.7 Å². The number of hydrogen-bond donors (Lipinski definition) is 4. The first-order valence-electron chi connectivity index (χ1n) is 12.4. The van der Waals surface area contributed by atoms with Crippen molar-refractivity contribution in [1.29, 1.82) is 0 Å². The number of ether oxygens (including phenoxy) is 2. The Morgan fingerprint density at radius 2 is 1.87 bits per heavy atom. The molecule has 38 heavy (non-hydrogen) atoms. The summed E-state index contributed by atoms with van der Waals surface area (Å²) in [5.41, 5.74) is 0.863. The standard InChI is InChI=1S/C26H33N5O7/c1-2-23(32)30-21(25(34)35)14-29-24(33)17-37-20-12-19(13-28-22-10-6-7-11-27-22)31(15-20)26(36)38-16-18-8-4-3-5-9-18/h3-11,19-21H,2,12-17H2,1H3,(H,27,28)(H,29,33)(H,30,32)(H,34,35). The third-order valence-corrected chi connectivity index (χ3v) is 5.91. The van der Waals surface area contributed by atoms with Crippen LogP contribution in [0, 0.1) is 0 Å². The summed E-state index contributed by atoms with van der Waals surface area (Å²) in [6.45, 7) is 1.75. The number of rotatable bonds is 13. The van der Waals surface area contributed by atoms with Gasteiger partial charge >= 0.3 is 12.1 Å². The lowest BCUT2D eigenvalue weighted by Crippen LogP contribution is -2.48. The van der Waals surface area contributed by atoms with Crippen molar-refractivity contribution in [3.63, 3.8) is 0 Å². The molecule has 1 saturated heterocycles. The number of carbonyl (C=O) groups excluding carboxylic acids is 3. The van der Waals surface area contributed by atoms with Crippen LogP contribution in [0.4, 0.5) is 10.6 Å². The Morgan fingerprint density at radius 3 is 2.55 bits per heavy atom. The maximum absolute atomic E-state index is 12.9. The molecule has 2 heterocycles. The second-order valence-corrected chi connectivity index (χ2v) is 8.73. The van der Waals surface area contributed by atoms with Crippen molar-refractivity contribution < 1.29 is 33.8 Å². The minimum Gasteiger partial charge on any atom is -0.480 e. The predicted molar refractivity (Wildman–Crippen MR) is 137 cm³/mol. The second kappa shape index (κ2) is 14.5. The Balaban J connectivity index is 1.53. The predicted octanol–water partition coefficient (Wildman–Crippen LogP) is 1.39. The number of nitrogens with zero attached hydrogens (tertiary/aromatic N) is 2. The quantitative estimate of drug-likeness (QED) is 0.302. The molecule has 2 aromatic rings. The zero-order chi connectivity index (χ0) is 27.3. The monoisotopic (exact) mass is 527 g/mol. The number of aromatic nitrogens is 1. The van der Waals surface area contributed by atoms with E-state index < -0.39 is 36.0 Å². The van der Waals surface area contributed by atoms with Crippen molar-refractivity contribution >= 4 is 29.7 Å². The highest BCUT2D eigenvalue weighted by Gasteiger charge is 2.37. The van der Waals surface area contributed by atoms with Gasteiger partial charge in [0, 0.05) is 25.7 Å². The van der Waals surface area contributed by atoms with Crippen molar-refractivity contribution in [2.45, 2.75) is 44.6 Å². The van der Waals surface area contributed by atoms with Gasteiger partial charge in [0.25, 0.3) is 0 Å². The molecule has 3 rings (SSSR count). The van der Waals surface area contributed by atoms with Gasteiger partial charge < -0.3 is 35.4 Å². The molecule has 12 nitrogen and oxygen atoms in total. The summed E-state index contributed by atoms with van der Waals surface area (Å²) >= 11 is 0. The SMILES string of the molecule is CCC(=O)NC(CNC(=O)COC1CC(CNc2ccccn2)N(C(=O)OCc2ccccc2)C1)C(=O)O. The van der Waals surface area contributed by atoms with Crippen LogP contribution >= 0.6 is 0 Å². The maximum Gasteiger partial charge on any atom is 0.410 e. The Hall–Kier alpha value is -4.19. The number of hydrogen-bond acceptors (Lipinski definition) is 8. The largest absolute Gasteiger partial charge is 0.480 e. The molecule has 1 aromatic carbocycles. The molecule has 0 aliphatic carbocycles. The van der Waals surface area contributed by atoms with E-state index in [-0.39, 0.29) is 38.8 Å². The van der Waals surface area contributed by atoms with Crippen molar-refractivity contribution in [2.24, 2.45) is 0 Å². The number of amides is 3. The van der Waals surface area contributed by atoms with Gasteiger partial charge in [-0.2, -0.15) is 0 Å². The van der Waals surface area contributed by atoms with Gasteiger partial charge in [0.05, 0.1) is 18.7 Å². The topological polar surface area (TPSA) is 159 Å². The smallest absolute Gasteiger partial charge is 0.410 e. The number of pyridine rings is 1. The van der Waals surface area contributed by atoms with E-state index in [2.05, 4.69) is 20.9 Å². The lowest BCUT2D eigenvalue weighted by atomic mass is 10.2. The van der Waals surface area contributed by atoms with Crippen LogP contribution in [0.2, 0.25) is 0 Å². The molecule has 3 amide bonds. The van der Waals surface area contributed by atoms with E-state index in [1.165, 1.54) is 0 Å². The fourth-order valence-corrected chi connectivity index (χ4v) is 3.86. The van der Waals surface area contributed by atoms with Gasteiger partial charge in [0.15, 0.2) is 0 Å². The zero-order valence-electron chi connectivity index (χ0n) is 21.2. The summed E-state index contributed by atoms with van der Waals surface area (Å²) in [5, 5.41) is 17.2. The summed E-state index contributed by atoms with van der Waals surface area (Å²) in [6.07, 6.45) is 1.32. The molecule has 3 unspecified atom stereocenters. The fourth-order valence-electron chi connectivity index (χ4n) is 3.86. The first kappa shape index (κ1) is 28.4. The van der Waals surface area contributed by atoms with Crippen molar-refractivity contribution in [2.75, 3.05) is 31.6 Å². The number of carboxylic acids is 1. The molecule has 12 heteroatoms. The van der Waals surface area contributed by atoms with Crippen molar-refractivity contribution in [3.8, 4) is 0 Å². The second-order valence-electron chi connectivity index (χ2n) is 8.73. The average Bonchev–Trinajstić information content (AvgIpc) is 3.35. The van der Waals surface area contributed by atoms with Crippen LogP contribution in [0.25, 0.3) is 0 Å². The Morgan fingerprint density at radius 1 is 1.11 bits per heavy atom. The zero-order valence-corrected chi connectivity index (χ0v) is 21.2. The molecule has 1 aliphatic rings. The van der Waals surface area contributed by atoms with E-state index in [4.69, 9.17) is 9.47 Å². The van der Waals surface area contributed by atoms with Gasteiger partial charge in [-0.25, -0.2) is 14.6 Å². The maximum atomic E-state index is 12.9. The van der Waals surface area contributed by atoms with Crippen LogP contribution in [0.3, 0.4) is 0 Å². The first-order chi connectivity index (χ1) is 18.4. The minimum atomic E-state index is -1.25. The average molecular weight is 528 g/mol. The van der Waals surface area contributed by atoms with E-state index in [1.807, 2.05) is 42.5 Å². The highest BCUT2D eigenvalue weighted by Crippen LogP contribution is 2.22. The number of aliphatic carboxylic acids is 1. The van der Waals surface area contributed by atoms with E-state index >= 15 is 0 Å². The molecular formula is C26H33N5O7. The summed E-state index contributed by atoms with van der Waals surface area (Å²) in [7, 11) is 0. The van der Waals surface area contributed by atoms with Crippen molar-refractivity contribution in [1.82, 2.24) is 20.5 Å². The van der Waals surface area contributed by atoms with Gasteiger partial charge in [-0.05, 0) is 24.1 Å². The molecule has 1 aromatic heterocycles.